The number of aromatic nitrogens is 1. The zero-order chi connectivity index (χ0) is 13.5. The molecule has 0 unspecified atom stereocenters. The van der Waals surface area contributed by atoms with E-state index in [1.807, 2.05) is 0 Å². The van der Waals surface area contributed by atoms with Gasteiger partial charge in [0.1, 0.15) is 5.82 Å². The highest BCUT2D eigenvalue weighted by atomic mass is 15.0. The van der Waals surface area contributed by atoms with Crippen molar-refractivity contribution >= 4 is 5.82 Å². The Balaban J connectivity index is 2.83. The molecule has 0 aliphatic carbocycles. The van der Waals surface area contributed by atoms with Crippen molar-refractivity contribution in [2.24, 2.45) is 0 Å². The fourth-order valence-electron chi connectivity index (χ4n) is 1.67. The van der Waals surface area contributed by atoms with Crippen LogP contribution >= 0.6 is 0 Å². The van der Waals surface area contributed by atoms with Gasteiger partial charge in [0.2, 0.25) is 0 Å². The second-order valence-corrected chi connectivity index (χ2v) is 5.40. The van der Waals surface area contributed by atoms with Crippen molar-refractivity contribution in [1.82, 2.24) is 10.3 Å². The summed E-state index contributed by atoms with van der Waals surface area (Å²) in [5.74, 6) is 1.47. The van der Waals surface area contributed by atoms with Crippen molar-refractivity contribution in [3.63, 3.8) is 0 Å². The molecule has 0 saturated carbocycles. The van der Waals surface area contributed by atoms with Crippen molar-refractivity contribution in [2.45, 2.75) is 59.5 Å². The van der Waals surface area contributed by atoms with E-state index in [2.05, 4.69) is 62.4 Å². The lowest BCUT2D eigenvalue weighted by atomic mass is 10.1. The first-order valence-corrected chi connectivity index (χ1v) is 7.01. The second-order valence-electron chi connectivity index (χ2n) is 5.40. The summed E-state index contributed by atoms with van der Waals surface area (Å²) in [5.41, 5.74) is 2.47. The fourth-order valence-corrected chi connectivity index (χ4v) is 1.67. The molecule has 1 aromatic rings. The summed E-state index contributed by atoms with van der Waals surface area (Å²) in [4.78, 5) is 4.66. The minimum absolute atomic E-state index is 0.464. The second kappa shape index (κ2) is 7.37. The predicted molar refractivity (Wildman–Crippen MR) is 79.1 cm³/mol. The summed E-state index contributed by atoms with van der Waals surface area (Å²) in [6, 6.07) is 4.86. The zero-order valence-electron chi connectivity index (χ0n) is 12.4. The van der Waals surface area contributed by atoms with Crippen LogP contribution in [-0.2, 0) is 6.54 Å². The monoisotopic (exact) mass is 249 g/mol. The lowest BCUT2D eigenvalue weighted by molar-refractivity contribution is 0.588. The highest BCUT2D eigenvalue weighted by Crippen LogP contribution is 2.17. The number of rotatable bonds is 7. The average Bonchev–Trinajstić information content (AvgIpc) is 2.33. The molecule has 0 amide bonds. The molecule has 1 aromatic heterocycles. The molecule has 0 aliphatic heterocycles. The number of nitrogens with zero attached hydrogens (tertiary/aromatic N) is 1. The molecule has 0 aromatic carbocycles. The van der Waals surface area contributed by atoms with Gasteiger partial charge in [0.05, 0.1) is 0 Å². The van der Waals surface area contributed by atoms with Gasteiger partial charge in [-0.25, -0.2) is 4.98 Å². The van der Waals surface area contributed by atoms with Crippen LogP contribution in [0.5, 0.6) is 0 Å². The Morgan fingerprint density at radius 2 is 1.89 bits per heavy atom. The van der Waals surface area contributed by atoms with Crippen molar-refractivity contribution in [3.05, 3.63) is 23.4 Å². The lowest BCUT2D eigenvalue weighted by Crippen LogP contribution is -2.22. The van der Waals surface area contributed by atoms with Gasteiger partial charge in [-0.2, -0.15) is 0 Å². The lowest BCUT2D eigenvalue weighted by Gasteiger charge is -2.14. The van der Waals surface area contributed by atoms with Crippen LogP contribution in [0.15, 0.2) is 12.1 Å². The molecule has 3 nitrogen and oxygen atoms in total. The van der Waals surface area contributed by atoms with Crippen LogP contribution in [0.3, 0.4) is 0 Å². The summed E-state index contributed by atoms with van der Waals surface area (Å²) >= 11 is 0. The van der Waals surface area contributed by atoms with Gasteiger partial charge in [-0.3, -0.25) is 0 Å². The standard InChI is InChI=1S/C15H27N3/c1-6-7-16-15-9-13(10-17-12(4)5)8-14(18-15)11(2)3/h8-9,11-12,17H,6-7,10H2,1-5H3,(H,16,18). The minimum atomic E-state index is 0.464. The van der Waals surface area contributed by atoms with Crippen LogP contribution in [0.25, 0.3) is 0 Å². The summed E-state index contributed by atoms with van der Waals surface area (Å²) in [7, 11) is 0. The Hall–Kier alpha value is -1.09. The van der Waals surface area contributed by atoms with E-state index in [0.29, 0.717) is 12.0 Å². The van der Waals surface area contributed by atoms with Crippen LogP contribution in [0.2, 0.25) is 0 Å². The molecule has 18 heavy (non-hydrogen) atoms. The Kier molecular flexibility index (Phi) is 6.13. The maximum absolute atomic E-state index is 4.66. The smallest absolute Gasteiger partial charge is 0.126 e. The summed E-state index contributed by atoms with van der Waals surface area (Å²) in [6.45, 7) is 12.8. The number of nitrogens with one attached hydrogen (secondary N) is 2. The first-order chi connectivity index (χ1) is 8.52. The van der Waals surface area contributed by atoms with Crippen molar-refractivity contribution in [1.29, 1.82) is 0 Å². The molecule has 0 atom stereocenters. The van der Waals surface area contributed by atoms with E-state index in [1.165, 1.54) is 5.56 Å². The van der Waals surface area contributed by atoms with E-state index in [-0.39, 0.29) is 0 Å². The quantitative estimate of drug-likeness (QED) is 0.776. The molecule has 0 aliphatic rings. The third-order valence-corrected chi connectivity index (χ3v) is 2.77. The molecule has 102 valence electrons. The van der Waals surface area contributed by atoms with Gasteiger partial charge in [-0.1, -0.05) is 34.6 Å². The molecule has 1 rings (SSSR count). The van der Waals surface area contributed by atoms with Gasteiger partial charge in [0, 0.05) is 24.8 Å². The molecule has 0 fully saturated rings. The number of pyridine rings is 1. The summed E-state index contributed by atoms with van der Waals surface area (Å²) in [6.07, 6.45) is 1.12. The highest BCUT2D eigenvalue weighted by molar-refractivity contribution is 5.40. The van der Waals surface area contributed by atoms with Crippen LogP contribution in [-0.4, -0.2) is 17.6 Å². The first kappa shape index (κ1) is 15.0. The third kappa shape index (κ3) is 5.05. The molecule has 3 heteroatoms. The molecule has 0 saturated heterocycles. The number of hydrogen-bond acceptors (Lipinski definition) is 3. The Morgan fingerprint density at radius 1 is 1.17 bits per heavy atom. The van der Waals surface area contributed by atoms with E-state index in [9.17, 15) is 0 Å². The van der Waals surface area contributed by atoms with Gasteiger partial charge in [0.25, 0.3) is 0 Å². The molecule has 0 spiro atoms. The number of anilines is 1. The topological polar surface area (TPSA) is 37.0 Å². The molecule has 1 heterocycles. The van der Waals surface area contributed by atoms with Gasteiger partial charge in [0.15, 0.2) is 0 Å². The van der Waals surface area contributed by atoms with E-state index >= 15 is 0 Å². The minimum Gasteiger partial charge on any atom is -0.370 e. The number of hydrogen-bond donors (Lipinski definition) is 2. The molecular weight excluding hydrogens is 222 g/mol. The third-order valence-electron chi connectivity index (χ3n) is 2.77. The normalized spacial score (nSPS) is 11.3. The van der Waals surface area contributed by atoms with Crippen LogP contribution < -0.4 is 10.6 Å². The Morgan fingerprint density at radius 3 is 2.44 bits per heavy atom. The summed E-state index contributed by atoms with van der Waals surface area (Å²) < 4.78 is 0. The van der Waals surface area contributed by atoms with Gasteiger partial charge >= 0.3 is 0 Å². The molecule has 0 radical (unpaired) electrons. The SMILES string of the molecule is CCCNc1cc(CNC(C)C)cc(C(C)C)n1. The Labute approximate surface area is 111 Å². The first-order valence-electron chi connectivity index (χ1n) is 7.01. The highest BCUT2D eigenvalue weighted by Gasteiger charge is 2.06. The largest absolute Gasteiger partial charge is 0.370 e. The summed E-state index contributed by atoms with van der Waals surface area (Å²) in [5, 5.41) is 6.83. The van der Waals surface area contributed by atoms with Gasteiger partial charge < -0.3 is 10.6 Å². The van der Waals surface area contributed by atoms with Crippen LogP contribution in [0.4, 0.5) is 5.82 Å². The molecule has 0 bridgehead atoms. The maximum atomic E-state index is 4.66. The van der Waals surface area contributed by atoms with Gasteiger partial charge in [-0.05, 0) is 30.0 Å². The van der Waals surface area contributed by atoms with Crippen LogP contribution in [0, 0.1) is 0 Å². The Bertz CT molecular complexity index is 359. The van der Waals surface area contributed by atoms with E-state index < -0.39 is 0 Å². The van der Waals surface area contributed by atoms with Gasteiger partial charge in [-0.15, -0.1) is 0 Å². The van der Waals surface area contributed by atoms with Crippen LogP contribution in [0.1, 0.15) is 58.2 Å². The average molecular weight is 249 g/mol. The van der Waals surface area contributed by atoms with Crippen molar-refractivity contribution in [2.75, 3.05) is 11.9 Å². The molecule has 2 N–H and O–H groups in total. The van der Waals surface area contributed by atoms with E-state index in [0.717, 1.165) is 31.0 Å². The van der Waals surface area contributed by atoms with Crippen molar-refractivity contribution in [3.8, 4) is 0 Å². The molecular formula is C15H27N3. The van der Waals surface area contributed by atoms with E-state index in [1.54, 1.807) is 0 Å². The van der Waals surface area contributed by atoms with Crippen molar-refractivity contribution < 1.29 is 0 Å². The fraction of sp³-hybridized carbons (Fsp3) is 0.667. The maximum Gasteiger partial charge on any atom is 0.126 e. The predicted octanol–water partition coefficient (Wildman–Crippen LogP) is 3.52. The van der Waals surface area contributed by atoms with E-state index in [4.69, 9.17) is 0 Å². The zero-order valence-corrected chi connectivity index (χ0v) is 12.4.